The van der Waals surface area contributed by atoms with Gasteiger partial charge in [-0.2, -0.15) is 0 Å². The van der Waals surface area contributed by atoms with Crippen molar-refractivity contribution >= 4 is 0 Å². The van der Waals surface area contributed by atoms with E-state index in [0.29, 0.717) is 6.04 Å². The lowest BCUT2D eigenvalue weighted by atomic mass is 10.1. The predicted octanol–water partition coefficient (Wildman–Crippen LogP) is 1.25. The molecule has 0 bridgehead atoms. The molecule has 1 aromatic heterocycles. The minimum Gasteiger partial charge on any atom is -0.472 e. The van der Waals surface area contributed by atoms with Gasteiger partial charge in [0.05, 0.1) is 12.5 Å². The number of hydrogen-bond donors (Lipinski definition) is 1. The monoisotopic (exact) mass is 180 g/mol. The molecule has 0 aromatic carbocycles. The van der Waals surface area contributed by atoms with Crippen LogP contribution in [0.25, 0.3) is 0 Å². The number of rotatable bonds is 2. The van der Waals surface area contributed by atoms with Crippen LogP contribution in [0.15, 0.2) is 23.0 Å². The summed E-state index contributed by atoms with van der Waals surface area (Å²) in [5.41, 5.74) is 1.28. The van der Waals surface area contributed by atoms with Crippen LogP contribution < -0.4 is 5.32 Å². The third-order valence-electron chi connectivity index (χ3n) is 2.72. The van der Waals surface area contributed by atoms with Crippen LogP contribution in [0.4, 0.5) is 0 Å². The number of nitrogens with one attached hydrogen (secondary N) is 1. The molecule has 0 saturated carbocycles. The molecule has 1 saturated heterocycles. The van der Waals surface area contributed by atoms with Crippen LogP contribution in [-0.4, -0.2) is 31.1 Å². The molecule has 0 aliphatic carbocycles. The second-order valence-corrected chi connectivity index (χ2v) is 3.52. The first kappa shape index (κ1) is 8.78. The van der Waals surface area contributed by atoms with Crippen LogP contribution in [0.2, 0.25) is 0 Å². The summed E-state index contributed by atoms with van der Waals surface area (Å²) in [6.07, 6.45) is 3.58. The zero-order chi connectivity index (χ0) is 9.10. The summed E-state index contributed by atoms with van der Waals surface area (Å²) in [5, 5.41) is 3.35. The first-order valence-electron chi connectivity index (χ1n) is 4.85. The molecule has 1 aliphatic rings. The van der Waals surface area contributed by atoms with Crippen LogP contribution in [-0.2, 0) is 0 Å². The fourth-order valence-corrected chi connectivity index (χ4v) is 1.79. The highest BCUT2D eigenvalue weighted by molar-refractivity contribution is 5.10. The van der Waals surface area contributed by atoms with Gasteiger partial charge in [0.2, 0.25) is 0 Å². The Balaban J connectivity index is 1.99. The largest absolute Gasteiger partial charge is 0.472 e. The van der Waals surface area contributed by atoms with Gasteiger partial charge in [0.1, 0.15) is 0 Å². The van der Waals surface area contributed by atoms with E-state index < -0.39 is 0 Å². The maximum absolute atomic E-state index is 5.08. The summed E-state index contributed by atoms with van der Waals surface area (Å²) in [5.74, 6) is 0. The van der Waals surface area contributed by atoms with Gasteiger partial charge in [-0.3, -0.25) is 4.90 Å². The topological polar surface area (TPSA) is 28.4 Å². The highest BCUT2D eigenvalue weighted by Gasteiger charge is 2.18. The molecule has 0 spiro atoms. The molecule has 2 heterocycles. The lowest BCUT2D eigenvalue weighted by Crippen LogP contribution is -2.44. The molecule has 2 rings (SSSR count). The Kier molecular flexibility index (Phi) is 2.66. The first-order chi connectivity index (χ1) is 6.38. The summed E-state index contributed by atoms with van der Waals surface area (Å²) in [6, 6.07) is 2.54. The fourth-order valence-electron chi connectivity index (χ4n) is 1.79. The van der Waals surface area contributed by atoms with Gasteiger partial charge in [-0.05, 0) is 13.0 Å². The zero-order valence-corrected chi connectivity index (χ0v) is 7.99. The Hall–Kier alpha value is -0.800. The van der Waals surface area contributed by atoms with Crippen molar-refractivity contribution in [1.29, 1.82) is 0 Å². The van der Waals surface area contributed by atoms with Gasteiger partial charge in [-0.25, -0.2) is 0 Å². The van der Waals surface area contributed by atoms with Gasteiger partial charge >= 0.3 is 0 Å². The molecule has 1 N–H and O–H groups in total. The molecule has 1 aromatic rings. The molecule has 1 fully saturated rings. The summed E-state index contributed by atoms with van der Waals surface area (Å²) in [6.45, 7) is 6.69. The third-order valence-corrected chi connectivity index (χ3v) is 2.72. The number of piperazine rings is 1. The SMILES string of the molecule is CC(c1ccoc1)N1CCNCC1. The summed E-state index contributed by atoms with van der Waals surface area (Å²) in [7, 11) is 0. The van der Waals surface area contributed by atoms with Gasteiger partial charge in [-0.15, -0.1) is 0 Å². The lowest BCUT2D eigenvalue weighted by molar-refractivity contribution is 0.185. The minimum absolute atomic E-state index is 0.487. The van der Waals surface area contributed by atoms with Gasteiger partial charge in [0.25, 0.3) is 0 Å². The second-order valence-electron chi connectivity index (χ2n) is 3.52. The Morgan fingerprint density at radius 1 is 1.46 bits per heavy atom. The molecule has 0 amide bonds. The Bertz CT molecular complexity index is 239. The summed E-state index contributed by atoms with van der Waals surface area (Å²) < 4.78 is 5.08. The Morgan fingerprint density at radius 3 is 2.85 bits per heavy atom. The molecule has 1 aliphatic heterocycles. The molecule has 0 radical (unpaired) electrons. The van der Waals surface area contributed by atoms with Gasteiger partial charge < -0.3 is 9.73 Å². The van der Waals surface area contributed by atoms with Crippen molar-refractivity contribution in [3.05, 3.63) is 24.2 Å². The van der Waals surface area contributed by atoms with Crippen molar-refractivity contribution < 1.29 is 4.42 Å². The van der Waals surface area contributed by atoms with Crippen LogP contribution in [0, 0.1) is 0 Å². The highest BCUT2D eigenvalue weighted by Crippen LogP contribution is 2.20. The van der Waals surface area contributed by atoms with Crippen LogP contribution in [0.3, 0.4) is 0 Å². The van der Waals surface area contributed by atoms with Crippen molar-refractivity contribution in [2.75, 3.05) is 26.2 Å². The van der Waals surface area contributed by atoms with Crippen molar-refractivity contribution in [3.63, 3.8) is 0 Å². The Labute approximate surface area is 78.7 Å². The van der Waals surface area contributed by atoms with Crippen LogP contribution >= 0.6 is 0 Å². The van der Waals surface area contributed by atoms with E-state index in [1.54, 1.807) is 6.26 Å². The predicted molar refractivity (Wildman–Crippen MR) is 51.6 cm³/mol. The first-order valence-corrected chi connectivity index (χ1v) is 4.85. The van der Waals surface area contributed by atoms with E-state index in [1.807, 2.05) is 12.3 Å². The van der Waals surface area contributed by atoms with E-state index in [-0.39, 0.29) is 0 Å². The standard InChI is InChI=1S/C10H16N2O/c1-9(10-2-7-13-8-10)12-5-3-11-4-6-12/h2,7-9,11H,3-6H2,1H3. The maximum atomic E-state index is 5.08. The van der Waals surface area contributed by atoms with Crippen molar-refractivity contribution in [1.82, 2.24) is 10.2 Å². The van der Waals surface area contributed by atoms with E-state index in [2.05, 4.69) is 17.1 Å². The average Bonchev–Trinajstić information content (AvgIpc) is 2.71. The number of hydrogen-bond acceptors (Lipinski definition) is 3. The van der Waals surface area contributed by atoms with E-state index in [4.69, 9.17) is 4.42 Å². The van der Waals surface area contributed by atoms with Crippen molar-refractivity contribution in [3.8, 4) is 0 Å². The molecule has 1 atom stereocenters. The van der Waals surface area contributed by atoms with E-state index >= 15 is 0 Å². The molecule has 3 nitrogen and oxygen atoms in total. The molecule has 13 heavy (non-hydrogen) atoms. The van der Waals surface area contributed by atoms with E-state index in [1.165, 1.54) is 5.56 Å². The van der Waals surface area contributed by atoms with E-state index in [0.717, 1.165) is 26.2 Å². The third kappa shape index (κ3) is 1.92. The van der Waals surface area contributed by atoms with Crippen LogP contribution in [0.5, 0.6) is 0 Å². The van der Waals surface area contributed by atoms with Crippen molar-refractivity contribution in [2.45, 2.75) is 13.0 Å². The normalized spacial score (nSPS) is 21.6. The molecule has 72 valence electrons. The molecular weight excluding hydrogens is 164 g/mol. The fraction of sp³-hybridized carbons (Fsp3) is 0.600. The number of furan rings is 1. The zero-order valence-electron chi connectivity index (χ0n) is 7.99. The van der Waals surface area contributed by atoms with E-state index in [9.17, 15) is 0 Å². The molecule has 1 unspecified atom stereocenters. The van der Waals surface area contributed by atoms with Crippen LogP contribution in [0.1, 0.15) is 18.5 Å². The lowest BCUT2D eigenvalue weighted by Gasteiger charge is -2.32. The smallest absolute Gasteiger partial charge is 0.0950 e. The summed E-state index contributed by atoms with van der Waals surface area (Å²) in [4.78, 5) is 2.47. The maximum Gasteiger partial charge on any atom is 0.0950 e. The van der Waals surface area contributed by atoms with Gasteiger partial charge in [0, 0.05) is 37.8 Å². The number of nitrogens with zero attached hydrogens (tertiary/aromatic N) is 1. The highest BCUT2D eigenvalue weighted by atomic mass is 16.3. The molecular formula is C10H16N2O. The minimum atomic E-state index is 0.487. The molecule has 3 heteroatoms. The van der Waals surface area contributed by atoms with Crippen molar-refractivity contribution in [2.24, 2.45) is 0 Å². The second kappa shape index (κ2) is 3.94. The summed E-state index contributed by atoms with van der Waals surface area (Å²) >= 11 is 0. The van der Waals surface area contributed by atoms with Gasteiger partial charge in [0.15, 0.2) is 0 Å². The van der Waals surface area contributed by atoms with Gasteiger partial charge in [-0.1, -0.05) is 0 Å². The Morgan fingerprint density at radius 2 is 2.23 bits per heavy atom. The average molecular weight is 180 g/mol. The quantitative estimate of drug-likeness (QED) is 0.742.